The van der Waals surface area contributed by atoms with E-state index in [9.17, 15) is 9.59 Å². The van der Waals surface area contributed by atoms with Crippen LogP contribution in [0.15, 0.2) is 48.5 Å². The first-order chi connectivity index (χ1) is 14.0. The summed E-state index contributed by atoms with van der Waals surface area (Å²) in [5, 5.41) is 2.95. The zero-order valence-corrected chi connectivity index (χ0v) is 17.2. The van der Waals surface area contributed by atoms with Gasteiger partial charge in [-0.15, -0.1) is 0 Å². The second kappa shape index (κ2) is 8.27. The zero-order chi connectivity index (χ0) is 20.4. The van der Waals surface area contributed by atoms with E-state index in [2.05, 4.69) is 43.4 Å². The molecule has 29 heavy (non-hydrogen) atoms. The SMILES string of the molecule is CC(C)c1ccc(CN2CCCN(c3ccc(NC(=O)C4CC4)cc3)C2=O)cc1. The number of urea groups is 1. The Morgan fingerprint density at radius 2 is 1.72 bits per heavy atom. The van der Waals surface area contributed by atoms with Gasteiger partial charge in [0.25, 0.3) is 0 Å². The Balaban J connectivity index is 1.40. The average Bonchev–Trinajstić information content (AvgIpc) is 3.56. The molecule has 2 aliphatic rings. The minimum absolute atomic E-state index is 0.0407. The maximum Gasteiger partial charge on any atom is 0.324 e. The molecule has 1 saturated carbocycles. The molecule has 0 aromatic heterocycles. The van der Waals surface area contributed by atoms with Crippen molar-refractivity contribution in [2.75, 3.05) is 23.3 Å². The quantitative estimate of drug-likeness (QED) is 0.754. The number of carbonyl (C=O) groups excluding carboxylic acids is 2. The first-order valence-electron chi connectivity index (χ1n) is 10.6. The minimum atomic E-state index is 0.0407. The van der Waals surface area contributed by atoms with Crippen LogP contribution in [0.5, 0.6) is 0 Å². The summed E-state index contributed by atoms with van der Waals surface area (Å²) in [7, 11) is 0. The lowest BCUT2D eigenvalue weighted by Gasteiger charge is -2.35. The van der Waals surface area contributed by atoms with Gasteiger partial charge in [-0.1, -0.05) is 38.1 Å². The molecule has 3 amide bonds. The van der Waals surface area contributed by atoms with Gasteiger partial charge in [0.05, 0.1) is 0 Å². The average molecular weight is 392 g/mol. The molecule has 1 aliphatic carbocycles. The molecule has 0 atom stereocenters. The number of nitrogens with zero attached hydrogens (tertiary/aromatic N) is 2. The first-order valence-corrected chi connectivity index (χ1v) is 10.6. The Labute approximate surface area is 172 Å². The van der Waals surface area contributed by atoms with E-state index < -0.39 is 0 Å². The molecule has 152 valence electrons. The predicted octanol–water partition coefficient (Wildman–Crippen LogP) is 4.99. The fourth-order valence-electron chi connectivity index (χ4n) is 3.71. The van der Waals surface area contributed by atoms with E-state index >= 15 is 0 Å². The van der Waals surface area contributed by atoms with E-state index in [0.717, 1.165) is 49.3 Å². The smallest absolute Gasteiger partial charge is 0.324 e. The number of hydrogen-bond acceptors (Lipinski definition) is 2. The highest BCUT2D eigenvalue weighted by atomic mass is 16.2. The van der Waals surface area contributed by atoms with E-state index in [1.807, 2.05) is 34.1 Å². The number of amides is 3. The molecule has 1 saturated heterocycles. The van der Waals surface area contributed by atoms with Crippen molar-refractivity contribution in [3.05, 3.63) is 59.7 Å². The van der Waals surface area contributed by atoms with E-state index in [-0.39, 0.29) is 17.9 Å². The second-order valence-electron chi connectivity index (χ2n) is 8.42. The lowest BCUT2D eigenvalue weighted by atomic mass is 10.0. The van der Waals surface area contributed by atoms with Crippen LogP contribution in [0.25, 0.3) is 0 Å². The van der Waals surface area contributed by atoms with Gasteiger partial charge >= 0.3 is 6.03 Å². The van der Waals surface area contributed by atoms with Gasteiger partial charge < -0.3 is 10.2 Å². The van der Waals surface area contributed by atoms with E-state index in [0.29, 0.717) is 12.5 Å². The first kappa shape index (κ1) is 19.5. The number of nitrogens with one attached hydrogen (secondary N) is 1. The highest BCUT2D eigenvalue weighted by Crippen LogP contribution is 2.30. The summed E-state index contributed by atoms with van der Waals surface area (Å²) in [6.07, 6.45) is 2.92. The second-order valence-corrected chi connectivity index (χ2v) is 8.42. The van der Waals surface area contributed by atoms with Gasteiger partial charge in [0.15, 0.2) is 0 Å². The number of hydrogen-bond donors (Lipinski definition) is 1. The predicted molar refractivity (Wildman–Crippen MR) is 116 cm³/mol. The molecular weight excluding hydrogens is 362 g/mol. The van der Waals surface area contributed by atoms with Gasteiger partial charge in [-0.25, -0.2) is 4.79 Å². The van der Waals surface area contributed by atoms with Crippen LogP contribution in [0.1, 0.15) is 50.2 Å². The summed E-state index contributed by atoms with van der Waals surface area (Å²) in [5.74, 6) is 0.788. The van der Waals surface area contributed by atoms with E-state index in [1.54, 1.807) is 0 Å². The molecule has 2 aromatic rings. The topological polar surface area (TPSA) is 52.6 Å². The normalized spacial score (nSPS) is 17.0. The number of anilines is 2. The molecule has 4 rings (SSSR count). The lowest BCUT2D eigenvalue weighted by molar-refractivity contribution is -0.117. The van der Waals surface area contributed by atoms with Crippen molar-refractivity contribution in [1.29, 1.82) is 0 Å². The molecule has 0 radical (unpaired) electrons. The fourth-order valence-corrected chi connectivity index (χ4v) is 3.71. The third kappa shape index (κ3) is 4.61. The van der Waals surface area contributed by atoms with Gasteiger partial charge in [-0.05, 0) is 60.6 Å². The van der Waals surface area contributed by atoms with Crippen molar-refractivity contribution in [1.82, 2.24) is 4.90 Å². The summed E-state index contributed by atoms with van der Waals surface area (Å²) in [5.41, 5.74) is 4.13. The molecule has 0 bridgehead atoms. The molecule has 0 spiro atoms. The van der Waals surface area contributed by atoms with Crippen LogP contribution in [0.4, 0.5) is 16.2 Å². The number of carbonyl (C=O) groups is 2. The highest BCUT2D eigenvalue weighted by Gasteiger charge is 2.30. The van der Waals surface area contributed by atoms with Crippen LogP contribution in [-0.4, -0.2) is 29.9 Å². The van der Waals surface area contributed by atoms with E-state index in [1.165, 1.54) is 5.56 Å². The van der Waals surface area contributed by atoms with Crippen molar-refractivity contribution in [3.63, 3.8) is 0 Å². The molecular formula is C24H29N3O2. The summed E-state index contributed by atoms with van der Waals surface area (Å²) in [6.45, 7) is 6.49. The van der Waals surface area contributed by atoms with Crippen molar-refractivity contribution < 1.29 is 9.59 Å². The molecule has 1 N–H and O–H groups in total. The van der Waals surface area contributed by atoms with Crippen LogP contribution >= 0.6 is 0 Å². The van der Waals surface area contributed by atoms with Gasteiger partial charge in [0, 0.05) is 36.9 Å². The van der Waals surface area contributed by atoms with Crippen molar-refractivity contribution in [2.45, 2.75) is 45.6 Å². The Morgan fingerprint density at radius 3 is 2.34 bits per heavy atom. The molecule has 2 fully saturated rings. The summed E-state index contributed by atoms with van der Waals surface area (Å²) < 4.78 is 0. The van der Waals surface area contributed by atoms with Crippen LogP contribution in [-0.2, 0) is 11.3 Å². The molecule has 5 heteroatoms. The maximum absolute atomic E-state index is 13.0. The lowest BCUT2D eigenvalue weighted by Crippen LogP contribution is -2.49. The number of rotatable bonds is 6. The Hall–Kier alpha value is -2.82. The highest BCUT2D eigenvalue weighted by molar-refractivity contribution is 5.95. The molecule has 1 heterocycles. The zero-order valence-electron chi connectivity index (χ0n) is 17.2. The van der Waals surface area contributed by atoms with Crippen molar-refractivity contribution >= 4 is 23.3 Å². The maximum atomic E-state index is 13.0. The summed E-state index contributed by atoms with van der Waals surface area (Å²) >= 11 is 0. The molecule has 0 unspecified atom stereocenters. The van der Waals surface area contributed by atoms with Gasteiger partial charge in [0.1, 0.15) is 0 Å². The molecule has 1 aliphatic heterocycles. The van der Waals surface area contributed by atoms with Crippen LogP contribution in [0.2, 0.25) is 0 Å². The molecule has 2 aromatic carbocycles. The fraction of sp³-hybridized carbons (Fsp3) is 0.417. The third-order valence-electron chi connectivity index (χ3n) is 5.73. The number of benzene rings is 2. The monoisotopic (exact) mass is 391 g/mol. The van der Waals surface area contributed by atoms with Crippen molar-refractivity contribution in [3.8, 4) is 0 Å². The standard InChI is InChI=1S/C24H29N3O2/c1-17(2)19-6-4-18(5-7-19)16-26-14-3-15-27(24(26)29)22-12-10-21(11-13-22)25-23(28)20-8-9-20/h4-7,10-13,17,20H,3,8-9,14-16H2,1-2H3,(H,25,28). The largest absolute Gasteiger partial charge is 0.326 e. The summed E-state index contributed by atoms with van der Waals surface area (Å²) in [4.78, 5) is 28.7. The van der Waals surface area contributed by atoms with Gasteiger partial charge in [-0.3, -0.25) is 9.69 Å². The van der Waals surface area contributed by atoms with Crippen molar-refractivity contribution in [2.24, 2.45) is 5.92 Å². The Morgan fingerprint density at radius 1 is 1.03 bits per heavy atom. The van der Waals surface area contributed by atoms with Gasteiger partial charge in [0.2, 0.25) is 5.91 Å². The van der Waals surface area contributed by atoms with Crippen LogP contribution in [0.3, 0.4) is 0 Å². The summed E-state index contributed by atoms with van der Waals surface area (Å²) in [6, 6.07) is 16.2. The molecule has 5 nitrogen and oxygen atoms in total. The Bertz CT molecular complexity index is 870. The van der Waals surface area contributed by atoms with Gasteiger partial charge in [-0.2, -0.15) is 0 Å². The third-order valence-corrected chi connectivity index (χ3v) is 5.73. The van der Waals surface area contributed by atoms with E-state index in [4.69, 9.17) is 0 Å². The Kier molecular flexibility index (Phi) is 5.56. The minimum Gasteiger partial charge on any atom is -0.326 e. The van der Waals surface area contributed by atoms with Crippen LogP contribution in [0, 0.1) is 5.92 Å². The van der Waals surface area contributed by atoms with Crippen LogP contribution < -0.4 is 10.2 Å².